The number of unbranched alkanes of at least 4 members (excludes halogenated alkanes) is 5. The number of hydrogen-bond donors (Lipinski definition) is 1. The normalized spacial score (nSPS) is 27.2. The van der Waals surface area contributed by atoms with Gasteiger partial charge in [-0.3, -0.25) is 0 Å². The first-order valence-corrected chi connectivity index (χ1v) is 7.70. The average molecular weight is 258 g/mol. The van der Waals surface area contributed by atoms with Crippen LogP contribution in [0, 0.1) is 0 Å². The van der Waals surface area contributed by atoms with Crippen LogP contribution in [0.25, 0.3) is 0 Å². The van der Waals surface area contributed by atoms with Crippen LogP contribution in [0.5, 0.6) is 0 Å². The van der Waals surface area contributed by atoms with Gasteiger partial charge in [0.1, 0.15) is 6.10 Å². The van der Waals surface area contributed by atoms with E-state index in [2.05, 4.69) is 13.8 Å². The smallest absolute Gasteiger partial charge is 0.110 e. The Hall–Kier alpha value is -0.120. The van der Waals surface area contributed by atoms with Crippen LogP contribution in [0.3, 0.4) is 0 Å². The molecule has 0 aromatic carbocycles. The highest BCUT2D eigenvalue weighted by molar-refractivity contribution is 4.91. The quantitative estimate of drug-likeness (QED) is 0.578. The van der Waals surface area contributed by atoms with Crippen molar-refractivity contribution in [3.63, 3.8) is 0 Å². The van der Waals surface area contributed by atoms with Gasteiger partial charge in [-0.1, -0.05) is 46.0 Å². The molecule has 1 N–H and O–H groups in total. The predicted molar refractivity (Wildman–Crippen MR) is 73.8 cm³/mol. The van der Waals surface area contributed by atoms with E-state index in [0.717, 1.165) is 32.5 Å². The summed E-state index contributed by atoms with van der Waals surface area (Å²) in [7, 11) is 0. The zero-order valence-electron chi connectivity index (χ0n) is 12.1. The van der Waals surface area contributed by atoms with Gasteiger partial charge in [-0.25, -0.2) is 0 Å². The Morgan fingerprint density at radius 1 is 0.889 bits per heavy atom. The average Bonchev–Trinajstić information content (AvgIpc) is 2.36. The third-order valence-electron chi connectivity index (χ3n) is 3.56. The minimum atomic E-state index is -0.314. The molecule has 108 valence electrons. The highest BCUT2D eigenvalue weighted by Gasteiger charge is 2.41. The fraction of sp³-hybridized carbons (Fsp3) is 1.00. The van der Waals surface area contributed by atoms with E-state index in [0.29, 0.717) is 0 Å². The summed E-state index contributed by atoms with van der Waals surface area (Å²) in [4.78, 5) is 0. The van der Waals surface area contributed by atoms with E-state index in [1.807, 2.05) is 0 Å². The third-order valence-corrected chi connectivity index (χ3v) is 3.56. The summed E-state index contributed by atoms with van der Waals surface area (Å²) in [5.41, 5.74) is 0. The van der Waals surface area contributed by atoms with Crippen molar-refractivity contribution in [2.45, 2.75) is 83.5 Å². The standard InChI is InChI=1S/C15H30O3/c1-3-5-6-7-8-9-11-17-14-12-13(16)15(14)18-10-4-2/h13-16H,3-12H2,1-2H3. The highest BCUT2D eigenvalue weighted by atomic mass is 16.6. The number of ether oxygens (including phenoxy) is 2. The number of aliphatic hydroxyl groups excluding tert-OH is 1. The highest BCUT2D eigenvalue weighted by Crippen LogP contribution is 2.27. The Morgan fingerprint density at radius 2 is 1.61 bits per heavy atom. The number of rotatable bonds is 11. The molecule has 3 unspecified atom stereocenters. The van der Waals surface area contributed by atoms with Crippen LogP contribution in [0.4, 0.5) is 0 Å². The van der Waals surface area contributed by atoms with Gasteiger partial charge < -0.3 is 14.6 Å². The van der Waals surface area contributed by atoms with E-state index < -0.39 is 0 Å². The number of hydrogen-bond acceptors (Lipinski definition) is 3. The van der Waals surface area contributed by atoms with Gasteiger partial charge in [0.25, 0.3) is 0 Å². The van der Waals surface area contributed by atoms with Crippen LogP contribution in [-0.4, -0.2) is 36.6 Å². The molecule has 3 atom stereocenters. The summed E-state index contributed by atoms with van der Waals surface area (Å²) in [6.45, 7) is 5.85. The maximum absolute atomic E-state index is 9.60. The van der Waals surface area contributed by atoms with E-state index in [1.54, 1.807) is 0 Å². The molecule has 0 radical (unpaired) electrons. The van der Waals surface area contributed by atoms with Crippen molar-refractivity contribution < 1.29 is 14.6 Å². The molecule has 1 aliphatic carbocycles. The molecule has 3 nitrogen and oxygen atoms in total. The fourth-order valence-electron chi connectivity index (χ4n) is 2.31. The first-order chi connectivity index (χ1) is 8.79. The number of aliphatic hydroxyl groups is 1. The molecule has 0 amide bonds. The Balaban J connectivity index is 1.95. The molecule has 0 saturated heterocycles. The van der Waals surface area contributed by atoms with Crippen molar-refractivity contribution in [3.8, 4) is 0 Å². The van der Waals surface area contributed by atoms with Gasteiger partial charge in [-0.15, -0.1) is 0 Å². The Morgan fingerprint density at radius 3 is 2.28 bits per heavy atom. The molecule has 0 aromatic rings. The van der Waals surface area contributed by atoms with Crippen LogP contribution in [0.15, 0.2) is 0 Å². The van der Waals surface area contributed by atoms with Gasteiger partial charge in [0.15, 0.2) is 0 Å². The van der Waals surface area contributed by atoms with Crippen molar-refractivity contribution in [1.82, 2.24) is 0 Å². The molecule has 1 saturated carbocycles. The monoisotopic (exact) mass is 258 g/mol. The van der Waals surface area contributed by atoms with Crippen molar-refractivity contribution in [2.24, 2.45) is 0 Å². The van der Waals surface area contributed by atoms with Crippen LogP contribution < -0.4 is 0 Å². The molecule has 1 rings (SSSR count). The summed E-state index contributed by atoms with van der Waals surface area (Å²) in [5.74, 6) is 0. The summed E-state index contributed by atoms with van der Waals surface area (Å²) in [6, 6.07) is 0. The Bertz CT molecular complexity index is 196. The van der Waals surface area contributed by atoms with Crippen LogP contribution in [0.1, 0.15) is 65.2 Å². The molecule has 0 spiro atoms. The lowest BCUT2D eigenvalue weighted by Crippen LogP contribution is -2.53. The second kappa shape index (κ2) is 9.76. The Labute approximate surface area is 112 Å². The van der Waals surface area contributed by atoms with Gasteiger partial charge in [0, 0.05) is 19.6 Å². The van der Waals surface area contributed by atoms with Gasteiger partial charge in [0.05, 0.1) is 12.2 Å². The van der Waals surface area contributed by atoms with Gasteiger partial charge in [-0.05, 0) is 12.8 Å². The fourth-order valence-corrected chi connectivity index (χ4v) is 2.31. The Kier molecular flexibility index (Phi) is 8.64. The molecule has 0 aliphatic heterocycles. The van der Waals surface area contributed by atoms with Crippen LogP contribution in [-0.2, 0) is 9.47 Å². The zero-order chi connectivity index (χ0) is 13.2. The van der Waals surface area contributed by atoms with Crippen molar-refractivity contribution in [1.29, 1.82) is 0 Å². The molecule has 1 fully saturated rings. The van der Waals surface area contributed by atoms with Crippen LogP contribution in [0.2, 0.25) is 0 Å². The first kappa shape index (κ1) is 15.9. The van der Waals surface area contributed by atoms with E-state index in [1.165, 1.54) is 32.1 Å². The maximum Gasteiger partial charge on any atom is 0.110 e. The molecule has 1 aliphatic rings. The molecule has 18 heavy (non-hydrogen) atoms. The van der Waals surface area contributed by atoms with E-state index in [-0.39, 0.29) is 18.3 Å². The van der Waals surface area contributed by atoms with Crippen molar-refractivity contribution >= 4 is 0 Å². The van der Waals surface area contributed by atoms with Crippen LogP contribution >= 0.6 is 0 Å². The molecule has 3 heteroatoms. The summed E-state index contributed by atoms with van der Waals surface area (Å²) in [5, 5.41) is 9.60. The minimum Gasteiger partial charge on any atom is -0.390 e. The van der Waals surface area contributed by atoms with Gasteiger partial charge in [-0.2, -0.15) is 0 Å². The largest absolute Gasteiger partial charge is 0.390 e. The molecular formula is C15H30O3. The lowest BCUT2D eigenvalue weighted by molar-refractivity contribution is -0.192. The second-order valence-corrected chi connectivity index (χ2v) is 5.32. The summed E-state index contributed by atoms with van der Waals surface area (Å²) >= 11 is 0. The second-order valence-electron chi connectivity index (χ2n) is 5.32. The molecule has 0 bridgehead atoms. The lowest BCUT2D eigenvalue weighted by Gasteiger charge is -2.40. The first-order valence-electron chi connectivity index (χ1n) is 7.70. The maximum atomic E-state index is 9.60. The zero-order valence-corrected chi connectivity index (χ0v) is 12.1. The topological polar surface area (TPSA) is 38.7 Å². The SMILES string of the molecule is CCCCCCCCOC1CC(O)C1OCCC. The van der Waals surface area contributed by atoms with E-state index >= 15 is 0 Å². The van der Waals surface area contributed by atoms with E-state index in [4.69, 9.17) is 9.47 Å². The van der Waals surface area contributed by atoms with Gasteiger partial charge in [0.2, 0.25) is 0 Å². The van der Waals surface area contributed by atoms with Crippen molar-refractivity contribution in [3.05, 3.63) is 0 Å². The summed E-state index contributed by atoms with van der Waals surface area (Å²) < 4.78 is 11.4. The predicted octanol–water partition coefficient (Wildman–Crippen LogP) is 3.29. The third kappa shape index (κ3) is 5.68. The summed E-state index contributed by atoms with van der Waals surface area (Å²) in [6.07, 6.45) is 9.18. The molecule has 0 heterocycles. The molecule has 0 aromatic heterocycles. The lowest BCUT2D eigenvalue weighted by atomic mass is 9.88. The van der Waals surface area contributed by atoms with E-state index in [9.17, 15) is 5.11 Å². The minimum absolute atomic E-state index is 0.0787. The van der Waals surface area contributed by atoms with Gasteiger partial charge >= 0.3 is 0 Å². The molecular weight excluding hydrogens is 228 g/mol. The van der Waals surface area contributed by atoms with Crippen molar-refractivity contribution in [2.75, 3.05) is 13.2 Å².